The van der Waals surface area contributed by atoms with Gasteiger partial charge in [-0.25, -0.2) is 18.0 Å². The Labute approximate surface area is 857 Å². The number of amides is 3. The van der Waals surface area contributed by atoms with Crippen molar-refractivity contribution in [2.24, 2.45) is 29.6 Å². The van der Waals surface area contributed by atoms with Crippen molar-refractivity contribution in [3.05, 3.63) is 274 Å². The number of nitrogens with zero attached hydrogens (tertiary/aromatic N) is 7. The van der Waals surface area contributed by atoms with Crippen LogP contribution in [0.25, 0.3) is 5.69 Å². The number of benzene rings is 8. The molecule has 9 heterocycles. The second kappa shape index (κ2) is 69.8. The van der Waals surface area contributed by atoms with E-state index >= 15 is 0 Å². The summed E-state index contributed by atoms with van der Waals surface area (Å²) in [4.78, 5) is 78.0. The smallest absolute Gasteiger partial charge is 0.337 e. The van der Waals surface area contributed by atoms with Gasteiger partial charge in [-0.3, -0.25) is 33.8 Å². The van der Waals surface area contributed by atoms with Gasteiger partial charge in [0.15, 0.2) is 0 Å². The van der Waals surface area contributed by atoms with E-state index in [-0.39, 0.29) is 117 Å². The van der Waals surface area contributed by atoms with Gasteiger partial charge in [0.2, 0.25) is 17.7 Å². The molecule has 0 saturated carbocycles. The van der Waals surface area contributed by atoms with Crippen LogP contribution in [-0.2, 0) is 88.0 Å². The minimum atomic E-state index is -0.981. The summed E-state index contributed by atoms with van der Waals surface area (Å²) < 4.78 is 93.2. The molecule has 1 aromatic heterocycles. The molecule has 0 spiro atoms. The summed E-state index contributed by atoms with van der Waals surface area (Å²) >= 11 is 0. The van der Waals surface area contributed by atoms with Crippen LogP contribution < -0.4 is 20.1 Å². The van der Waals surface area contributed by atoms with Gasteiger partial charge in [-0.05, 0) is 201 Å². The van der Waals surface area contributed by atoms with E-state index in [1.807, 2.05) is 118 Å². The van der Waals surface area contributed by atoms with Crippen LogP contribution in [0.4, 0.5) is 13.2 Å². The predicted octanol–water partition coefficient (Wildman–Crippen LogP) is 16.5. The number of carbonyl (C=O) groups is 6. The number of hydrogen-bond donors (Lipinski definition) is 6. The molecular formula is C113H160F3N9O20. The minimum absolute atomic E-state index is 0. The SMILES string of the molecule is C.C.C1CCOC1.CC(=O)C1COCC(C)N(Cc2ccccc2)C1=O.CC1CCOCC(=O)N1.CC1COCC(CO)CN1Cc1ccccc1.CC1COCCC(=O)N1Cc1ccccc1.CC1COCCC1=O.CO.Cc1cc(O)ccc1F.Cc1cc(OCC2CNC(C)COC2)ccc1F.Cc1cc(OCC2COCC(C)N(Cc3ccccc3)C2)ccc1F.Cc1ccc(-n2nccn2)c(C(=O)O)c1. The van der Waals surface area contributed by atoms with Gasteiger partial charge in [-0.15, -0.1) is 0 Å². The lowest BCUT2D eigenvalue weighted by atomic mass is 10.0. The van der Waals surface area contributed by atoms with Gasteiger partial charge >= 0.3 is 5.97 Å². The molecule has 0 radical (unpaired) electrons. The topological polar surface area (TPSA) is 343 Å². The Morgan fingerprint density at radius 1 is 0.469 bits per heavy atom. The quantitative estimate of drug-likeness (QED) is 0.0435. The van der Waals surface area contributed by atoms with Gasteiger partial charge in [0, 0.05) is 134 Å². The van der Waals surface area contributed by atoms with Crippen molar-refractivity contribution in [3.8, 4) is 22.9 Å². The van der Waals surface area contributed by atoms with Crippen LogP contribution in [0.2, 0.25) is 0 Å². The Hall–Kier alpha value is -11.2. The Morgan fingerprint density at radius 3 is 1.41 bits per heavy atom. The monoisotopic (exact) mass is 2020 g/mol. The maximum atomic E-state index is 13.4. The Bertz CT molecular complexity index is 5110. The number of nitrogens with one attached hydrogen (secondary N) is 2. The summed E-state index contributed by atoms with van der Waals surface area (Å²) in [5.74, 6) is 0.498. The van der Waals surface area contributed by atoms with E-state index in [9.17, 15) is 47.0 Å². The highest BCUT2D eigenvalue weighted by Crippen LogP contribution is 2.26. The van der Waals surface area contributed by atoms with Crippen LogP contribution in [0.1, 0.15) is 157 Å². The van der Waals surface area contributed by atoms with Crippen molar-refractivity contribution in [3.63, 3.8) is 0 Å². The fourth-order valence-electron chi connectivity index (χ4n) is 15.5. The van der Waals surface area contributed by atoms with Gasteiger partial charge < -0.3 is 88.2 Å². The molecule has 11 atom stereocenters. The van der Waals surface area contributed by atoms with E-state index in [0.29, 0.717) is 168 Å². The van der Waals surface area contributed by atoms with E-state index in [2.05, 4.69) is 99.9 Å². The molecule has 3 amide bonds. The highest BCUT2D eigenvalue weighted by atomic mass is 19.1. The van der Waals surface area contributed by atoms with Crippen molar-refractivity contribution in [2.45, 2.75) is 192 Å². The second-order valence-corrected chi connectivity index (χ2v) is 36.8. The summed E-state index contributed by atoms with van der Waals surface area (Å²) in [5.41, 5.74) is 8.10. The summed E-state index contributed by atoms with van der Waals surface area (Å²) in [5, 5.41) is 48.0. The molecule has 8 aliphatic heterocycles. The van der Waals surface area contributed by atoms with E-state index in [1.54, 1.807) is 62.1 Å². The van der Waals surface area contributed by atoms with Gasteiger partial charge in [0.05, 0.1) is 129 Å². The number of hydrogen-bond acceptors (Lipinski definition) is 24. The number of carboxylic acid groups (broad SMARTS) is 1. The third kappa shape index (κ3) is 47.5. The number of phenolic OH excluding ortho intramolecular Hbond substituents is 1. The zero-order chi connectivity index (χ0) is 104. The van der Waals surface area contributed by atoms with Crippen molar-refractivity contribution in [1.82, 2.24) is 45.2 Å². The van der Waals surface area contributed by atoms with E-state index in [1.165, 1.54) is 84.0 Å². The zero-order valence-electron chi connectivity index (χ0n) is 85.5. The Balaban J connectivity index is 0.000000289. The zero-order valence-corrected chi connectivity index (χ0v) is 85.5. The molecule has 29 nitrogen and oxygen atoms in total. The first-order valence-corrected chi connectivity index (χ1v) is 49.3. The number of halogens is 3. The molecule has 8 fully saturated rings. The van der Waals surface area contributed by atoms with Crippen molar-refractivity contribution in [1.29, 1.82) is 0 Å². The molecule has 8 aromatic carbocycles. The van der Waals surface area contributed by atoms with Crippen LogP contribution >= 0.6 is 0 Å². The summed E-state index contributed by atoms with van der Waals surface area (Å²) in [6.07, 6.45) is 7.60. The molecule has 0 aliphatic carbocycles. The van der Waals surface area contributed by atoms with E-state index < -0.39 is 11.9 Å². The highest BCUT2D eigenvalue weighted by molar-refractivity contribution is 6.00. The third-order valence-electron chi connectivity index (χ3n) is 24.1. The molecule has 145 heavy (non-hydrogen) atoms. The average molecular weight is 2020 g/mol. The number of phenols is 1. The molecular weight excluding hydrogens is 1860 g/mol. The number of aryl methyl sites for hydroxylation is 4. The third-order valence-corrected chi connectivity index (χ3v) is 24.1. The Morgan fingerprint density at radius 2 is 0.924 bits per heavy atom. The number of aliphatic hydroxyl groups excluding tert-OH is 2. The van der Waals surface area contributed by atoms with Crippen LogP contribution in [0.15, 0.2) is 207 Å². The van der Waals surface area contributed by atoms with Crippen molar-refractivity contribution < 1.29 is 110 Å². The van der Waals surface area contributed by atoms with Gasteiger partial charge in [-0.2, -0.15) is 15.0 Å². The van der Waals surface area contributed by atoms with Crippen molar-refractivity contribution in [2.75, 3.05) is 152 Å². The Kier molecular flexibility index (Phi) is 59.8. The molecule has 9 aromatic rings. The normalized spacial score (nSPS) is 21.5. The lowest BCUT2D eigenvalue weighted by molar-refractivity contribution is -0.142. The fourth-order valence-corrected chi connectivity index (χ4v) is 15.5. The first kappa shape index (κ1) is 124. The molecule has 11 unspecified atom stereocenters. The largest absolute Gasteiger partial charge is 0.508 e. The second-order valence-electron chi connectivity index (χ2n) is 36.8. The van der Waals surface area contributed by atoms with Crippen molar-refractivity contribution >= 4 is 35.3 Å². The first-order valence-electron chi connectivity index (χ1n) is 49.3. The lowest BCUT2D eigenvalue weighted by Gasteiger charge is -2.28. The lowest BCUT2D eigenvalue weighted by Crippen LogP contribution is -2.43. The fraction of sp³-hybridized carbons (Fsp3) is 0.504. The number of aromatic nitrogens is 3. The molecule has 0 bridgehead atoms. The van der Waals surface area contributed by atoms with E-state index in [0.717, 1.165) is 90.4 Å². The number of Topliss-reactive ketones (excluding diaryl/α,β-unsaturated/α-hetero) is 2. The molecule has 8 aliphatic rings. The van der Waals surface area contributed by atoms with Crippen LogP contribution in [-0.4, -0.2) is 279 Å². The van der Waals surface area contributed by atoms with Gasteiger partial charge in [-0.1, -0.05) is 155 Å². The average Bonchev–Trinajstić information content (AvgIpc) is 1.81. The van der Waals surface area contributed by atoms with Crippen LogP contribution in [0.5, 0.6) is 17.2 Å². The maximum absolute atomic E-state index is 13.4. The minimum Gasteiger partial charge on any atom is -0.508 e. The number of aromatic carboxylic acids is 1. The number of carbonyl (C=O) groups excluding carboxylic acids is 5. The van der Waals surface area contributed by atoms with Gasteiger partial charge in [0.25, 0.3) is 0 Å². The summed E-state index contributed by atoms with van der Waals surface area (Å²) in [7, 11) is 1.00. The standard InChI is InChI=1S/C21H26FNO2.C15H19NO3.C14H20FNO2.C14H21NO2.C13H17NO2.C10H9N3O2.C7H7FO.C6H11NO2.C6H10O2.C4H8O.CH4O.2CH4/c1-16-10-20(8-9-21(16)22)25-15-19-12-23(17(2)13-24-14-19)11-18-6-4-3-5-7-18;1-11-9-19-10-14(12(2)17)15(18)16(11)8-13-6-4-3-5-7-13;1-10-5-13(3-4-14(10)15)18-9-12-6-16-11(2)7-17-8-12;1-12-10-17-11-14(9-16)8-15(12)7-13-5-3-2-4-6-13;1-11-10-16-8-7-13(15)14(11)9-12-5-3-2-4-6-12;1-7-2-3-9(8(6-7)10(14)15)13-11-4-5-12-13;1-5-4-6(9)2-3-7(5)8;1-5-2-3-9-4-6(8)7-5;1-5-4-8-3-2-6(5)7;1-2-4-5-3-1;1-2;;/h3-10,17,19H,11-15H2,1-2H3;3-7,11,14H,8-10H2,1-2H3;3-5,11-12,16H,6-9H2,1-2H3;2-6,12,14,16H,7-11H2,1H3;2-6,11H,7-10H2,1H3;2-6H,1H3,(H,14,15);2-4,9H,1H3;5H,2-4H2,1H3,(H,7,8);5H,2-4H2,1H3;1-4H2;2H,1H3;2*1H4. The maximum Gasteiger partial charge on any atom is 0.337 e. The molecule has 6 N–H and O–H groups in total. The number of ether oxygens (including phenoxy) is 10. The number of aliphatic hydroxyl groups is 2. The molecule has 798 valence electrons. The summed E-state index contributed by atoms with van der Waals surface area (Å²) in [6.45, 7) is 40.2. The highest BCUT2D eigenvalue weighted by Gasteiger charge is 2.35. The number of rotatable bonds is 18. The number of ketones is 2. The molecule has 32 heteroatoms. The van der Waals surface area contributed by atoms with Crippen LogP contribution in [0, 0.1) is 74.7 Å². The predicted molar refractivity (Wildman–Crippen MR) is 557 cm³/mol. The number of carboxylic acids is 1. The van der Waals surface area contributed by atoms with Crippen LogP contribution in [0.3, 0.4) is 0 Å². The summed E-state index contributed by atoms with van der Waals surface area (Å²) in [6, 6.07) is 61.2. The van der Waals surface area contributed by atoms with E-state index in [4.69, 9.17) is 62.7 Å². The molecule has 8 saturated heterocycles. The number of aromatic hydroxyl groups is 1. The first-order chi connectivity index (χ1) is 68.9. The molecule has 17 rings (SSSR count). The van der Waals surface area contributed by atoms with Gasteiger partial charge in [0.1, 0.15) is 64.5 Å².